The molecule has 0 unspecified atom stereocenters. The van der Waals surface area contributed by atoms with Gasteiger partial charge in [0.2, 0.25) is 0 Å². The Morgan fingerprint density at radius 2 is 1.55 bits per heavy atom. The molecule has 0 fully saturated rings. The zero-order chi connectivity index (χ0) is 9.28. The van der Waals surface area contributed by atoms with Gasteiger partial charge in [-0.15, -0.1) is 0 Å². The molecule has 0 aliphatic rings. The molecule has 0 atom stereocenters. The first-order valence-electron chi connectivity index (χ1n) is 2.87. The number of hydrogen-bond donors (Lipinski definition) is 5. The second kappa shape index (κ2) is 9.82. The fourth-order valence-electron chi connectivity index (χ4n) is 0.0577. The molecule has 7 heteroatoms. The minimum atomic E-state index is -1.62. The standard InChI is InChI=1S/C3H8O3.CH5BO3/c4-1-3(6)2-5;1-5-2(3)4/h3-6H,1-2H2;3-4H,1H3. The van der Waals surface area contributed by atoms with Crippen LogP contribution in [0.3, 0.4) is 0 Å². The molecule has 0 aliphatic heterocycles. The molecule has 68 valence electrons. The molecule has 0 saturated heterocycles. The molecule has 0 radical (unpaired) electrons. The number of aliphatic hydroxyl groups excluding tert-OH is 3. The molecular weight excluding hydrogens is 155 g/mol. The highest BCUT2D eigenvalue weighted by Gasteiger charge is 2.00. The normalized spacial score (nSPS) is 9.00. The van der Waals surface area contributed by atoms with Crippen LogP contribution in [0.5, 0.6) is 0 Å². The maximum Gasteiger partial charge on any atom is 0.633 e. The lowest BCUT2D eigenvalue weighted by atomic mass is 10.3. The monoisotopic (exact) mass is 168 g/mol. The van der Waals surface area contributed by atoms with Gasteiger partial charge in [-0.25, -0.2) is 0 Å². The van der Waals surface area contributed by atoms with E-state index in [-0.39, 0.29) is 13.2 Å². The van der Waals surface area contributed by atoms with Gasteiger partial charge in [0.15, 0.2) is 0 Å². The summed E-state index contributed by atoms with van der Waals surface area (Å²) in [4.78, 5) is 0. The first-order chi connectivity index (χ1) is 5.08. The molecule has 0 amide bonds. The van der Waals surface area contributed by atoms with Gasteiger partial charge in [-0.05, 0) is 0 Å². The molecule has 0 aromatic carbocycles. The largest absolute Gasteiger partial charge is 0.633 e. The quantitative estimate of drug-likeness (QED) is 0.286. The molecule has 11 heavy (non-hydrogen) atoms. The second-order valence-electron chi connectivity index (χ2n) is 1.58. The van der Waals surface area contributed by atoms with E-state index in [1.165, 1.54) is 7.11 Å². The number of aliphatic hydroxyl groups is 3. The van der Waals surface area contributed by atoms with E-state index in [9.17, 15) is 0 Å². The van der Waals surface area contributed by atoms with Crippen LogP contribution >= 0.6 is 0 Å². The highest BCUT2D eigenvalue weighted by atomic mass is 16.6. The van der Waals surface area contributed by atoms with Gasteiger partial charge in [-0.2, -0.15) is 0 Å². The SMILES string of the molecule is COB(O)O.OCC(O)CO. The summed E-state index contributed by atoms with van der Waals surface area (Å²) >= 11 is 0. The Morgan fingerprint density at radius 3 is 1.55 bits per heavy atom. The maximum absolute atomic E-state index is 8.17. The van der Waals surface area contributed by atoms with E-state index < -0.39 is 13.4 Å². The first-order valence-corrected chi connectivity index (χ1v) is 2.87. The summed E-state index contributed by atoms with van der Waals surface area (Å²) in [5.41, 5.74) is 0. The van der Waals surface area contributed by atoms with Gasteiger partial charge < -0.3 is 30.0 Å². The molecule has 0 saturated carbocycles. The third kappa shape index (κ3) is 17.7. The fraction of sp³-hybridized carbons (Fsp3) is 1.00. The number of rotatable bonds is 3. The molecule has 0 aliphatic carbocycles. The number of hydrogen-bond acceptors (Lipinski definition) is 6. The van der Waals surface area contributed by atoms with E-state index in [0.29, 0.717) is 0 Å². The molecule has 5 N–H and O–H groups in total. The van der Waals surface area contributed by atoms with Crippen molar-refractivity contribution in [1.29, 1.82) is 0 Å². The van der Waals surface area contributed by atoms with Crippen LogP contribution < -0.4 is 0 Å². The minimum Gasteiger partial charge on any atom is -0.402 e. The van der Waals surface area contributed by atoms with Crippen molar-refractivity contribution in [3.05, 3.63) is 0 Å². The Bertz CT molecular complexity index is 65.6. The van der Waals surface area contributed by atoms with Gasteiger partial charge in [0.25, 0.3) is 0 Å². The average Bonchev–Trinajstić information content (AvgIpc) is 2.04. The van der Waals surface area contributed by atoms with Crippen molar-refractivity contribution < 1.29 is 30.0 Å². The summed E-state index contributed by atoms with van der Waals surface area (Å²) in [5, 5.41) is 39.4. The van der Waals surface area contributed by atoms with Crippen molar-refractivity contribution >= 4 is 7.32 Å². The highest BCUT2D eigenvalue weighted by molar-refractivity contribution is 6.32. The van der Waals surface area contributed by atoms with Gasteiger partial charge in [0, 0.05) is 7.11 Å². The van der Waals surface area contributed by atoms with Crippen molar-refractivity contribution in [2.75, 3.05) is 20.3 Å². The third-order valence-electron chi connectivity index (χ3n) is 0.632. The molecule has 0 aromatic heterocycles. The van der Waals surface area contributed by atoms with E-state index in [4.69, 9.17) is 25.4 Å². The Hall–Kier alpha value is -0.175. The maximum atomic E-state index is 8.17. The highest BCUT2D eigenvalue weighted by Crippen LogP contribution is 1.71. The van der Waals surface area contributed by atoms with E-state index in [1.807, 2.05) is 0 Å². The van der Waals surface area contributed by atoms with Crippen molar-refractivity contribution in [1.82, 2.24) is 0 Å². The van der Waals surface area contributed by atoms with Crippen molar-refractivity contribution in [2.45, 2.75) is 6.10 Å². The van der Waals surface area contributed by atoms with Crippen LogP contribution in [0.1, 0.15) is 0 Å². The molecule has 0 spiro atoms. The van der Waals surface area contributed by atoms with Crippen LogP contribution in [0.25, 0.3) is 0 Å². The Balaban J connectivity index is 0. The van der Waals surface area contributed by atoms with Gasteiger partial charge in [-0.1, -0.05) is 0 Å². The summed E-state index contributed by atoms with van der Waals surface area (Å²) in [6.45, 7) is -0.729. The minimum absolute atomic E-state index is 0.365. The van der Waals surface area contributed by atoms with E-state index in [2.05, 4.69) is 4.65 Å². The van der Waals surface area contributed by atoms with Crippen molar-refractivity contribution in [2.24, 2.45) is 0 Å². The molecular formula is C4H13BO6. The Labute approximate surface area is 64.9 Å². The van der Waals surface area contributed by atoms with E-state index in [1.54, 1.807) is 0 Å². The molecule has 0 aromatic rings. The lowest BCUT2D eigenvalue weighted by molar-refractivity contribution is 0.0450. The zero-order valence-corrected chi connectivity index (χ0v) is 6.21. The predicted molar refractivity (Wildman–Crippen MR) is 37.4 cm³/mol. The van der Waals surface area contributed by atoms with Crippen molar-refractivity contribution in [3.8, 4) is 0 Å². The van der Waals surface area contributed by atoms with Crippen LogP contribution in [0.15, 0.2) is 0 Å². The molecule has 0 bridgehead atoms. The summed E-state index contributed by atoms with van der Waals surface area (Å²) in [7, 11) is -0.417. The van der Waals surface area contributed by atoms with Crippen LogP contribution in [-0.2, 0) is 4.65 Å². The van der Waals surface area contributed by atoms with Crippen LogP contribution in [0.2, 0.25) is 0 Å². The summed E-state index contributed by atoms with van der Waals surface area (Å²) in [6.07, 6.45) is -0.954. The van der Waals surface area contributed by atoms with Gasteiger partial charge in [0.05, 0.1) is 13.2 Å². The zero-order valence-electron chi connectivity index (χ0n) is 6.21. The van der Waals surface area contributed by atoms with E-state index >= 15 is 0 Å². The summed E-state index contributed by atoms with van der Waals surface area (Å²) < 4.78 is 3.86. The summed E-state index contributed by atoms with van der Waals surface area (Å²) in [6, 6.07) is 0. The third-order valence-corrected chi connectivity index (χ3v) is 0.632. The van der Waals surface area contributed by atoms with Crippen molar-refractivity contribution in [3.63, 3.8) is 0 Å². The lowest BCUT2D eigenvalue weighted by Crippen LogP contribution is -2.15. The average molecular weight is 168 g/mol. The molecule has 0 heterocycles. The Kier molecular flexibility index (Phi) is 12.0. The second-order valence-corrected chi connectivity index (χ2v) is 1.58. The van der Waals surface area contributed by atoms with E-state index in [0.717, 1.165) is 0 Å². The first kappa shape index (κ1) is 13.4. The Morgan fingerprint density at radius 1 is 1.27 bits per heavy atom. The van der Waals surface area contributed by atoms with Gasteiger partial charge in [0.1, 0.15) is 6.10 Å². The summed E-state index contributed by atoms with van der Waals surface area (Å²) in [5.74, 6) is 0. The van der Waals surface area contributed by atoms with Gasteiger partial charge in [-0.3, -0.25) is 0 Å². The molecule has 0 rings (SSSR count). The van der Waals surface area contributed by atoms with Crippen LogP contribution in [-0.4, -0.2) is 59.1 Å². The molecule has 6 nitrogen and oxygen atoms in total. The van der Waals surface area contributed by atoms with Crippen LogP contribution in [0, 0.1) is 0 Å². The topological polar surface area (TPSA) is 110 Å². The van der Waals surface area contributed by atoms with Crippen LogP contribution in [0.4, 0.5) is 0 Å². The predicted octanol–water partition coefficient (Wildman–Crippen LogP) is -3.07. The smallest absolute Gasteiger partial charge is 0.402 e. The van der Waals surface area contributed by atoms with Gasteiger partial charge >= 0.3 is 7.32 Å². The fourth-order valence-corrected chi connectivity index (χ4v) is 0.0577. The lowest BCUT2D eigenvalue weighted by Gasteiger charge is -1.96.